The van der Waals surface area contributed by atoms with Crippen molar-refractivity contribution in [1.82, 2.24) is 0 Å². The first-order valence-corrected chi connectivity index (χ1v) is 12.4. The second-order valence-electron chi connectivity index (χ2n) is 8.76. The van der Waals surface area contributed by atoms with Crippen molar-refractivity contribution in [2.24, 2.45) is 0 Å². The van der Waals surface area contributed by atoms with Crippen LogP contribution < -0.4 is 20.9 Å². The predicted molar refractivity (Wildman–Crippen MR) is 153 cm³/mol. The normalized spacial score (nSPS) is 10.4. The molecule has 4 aromatic rings. The van der Waals surface area contributed by atoms with Crippen LogP contribution >= 0.6 is 0 Å². The van der Waals surface area contributed by atoms with E-state index >= 15 is 0 Å². The van der Waals surface area contributed by atoms with Gasteiger partial charge in [-0.2, -0.15) is 0 Å². The number of rotatable bonds is 9. The molecule has 4 rings (SSSR count). The molecule has 3 amide bonds. The van der Waals surface area contributed by atoms with Crippen LogP contribution in [0.2, 0.25) is 0 Å². The highest BCUT2D eigenvalue weighted by Gasteiger charge is 2.16. The van der Waals surface area contributed by atoms with Crippen LogP contribution in [0, 0.1) is 6.92 Å². The van der Waals surface area contributed by atoms with Crippen molar-refractivity contribution in [3.63, 3.8) is 0 Å². The fraction of sp³-hybridized carbons (Fsp3) is 0.129. The molecule has 0 atom stereocenters. The third-order valence-electron chi connectivity index (χ3n) is 5.92. The number of hydrogen-bond acceptors (Lipinski definition) is 4. The topological polar surface area (TPSA) is 90.5 Å². The Balaban J connectivity index is 1.27. The van der Waals surface area contributed by atoms with Gasteiger partial charge in [-0.1, -0.05) is 35.9 Å². The van der Waals surface area contributed by atoms with Crippen LogP contribution in [-0.2, 0) is 4.79 Å². The highest BCUT2D eigenvalue weighted by Crippen LogP contribution is 2.19. The summed E-state index contributed by atoms with van der Waals surface area (Å²) in [5.41, 5.74) is 5.00. The molecule has 0 spiro atoms. The first-order valence-electron chi connectivity index (χ1n) is 12.4. The largest absolute Gasteiger partial charge is 0.376 e. The Bertz CT molecular complexity index is 1400. The molecule has 0 aliphatic rings. The van der Waals surface area contributed by atoms with Crippen molar-refractivity contribution in [2.45, 2.75) is 13.8 Å². The van der Waals surface area contributed by atoms with Crippen molar-refractivity contribution in [3.05, 3.63) is 120 Å². The highest BCUT2D eigenvalue weighted by atomic mass is 16.2. The molecule has 0 radical (unpaired) electrons. The summed E-state index contributed by atoms with van der Waals surface area (Å²) in [6.07, 6.45) is 0. The van der Waals surface area contributed by atoms with Crippen molar-refractivity contribution in [3.8, 4) is 0 Å². The van der Waals surface area contributed by atoms with Crippen LogP contribution in [0.25, 0.3) is 0 Å². The number of anilines is 4. The van der Waals surface area contributed by atoms with E-state index in [0.717, 1.165) is 16.9 Å². The molecule has 3 N–H and O–H groups in total. The van der Waals surface area contributed by atoms with Gasteiger partial charge in [0.15, 0.2) is 0 Å². The number of carbonyl (C=O) groups excluding carboxylic acids is 3. The molecular formula is C31H30N4O3. The molecule has 0 saturated heterocycles. The summed E-state index contributed by atoms with van der Waals surface area (Å²) in [5, 5.41) is 8.75. The smallest absolute Gasteiger partial charge is 0.258 e. The summed E-state index contributed by atoms with van der Waals surface area (Å²) in [5.74, 6) is -0.491. The number of nitrogens with zero attached hydrogens (tertiary/aromatic N) is 1. The lowest BCUT2D eigenvalue weighted by molar-refractivity contribution is -0.114. The molecular weight excluding hydrogens is 476 g/mol. The van der Waals surface area contributed by atoms with Gasteiger partial charge in [0.05, 0.1) is 6.54 Å². The molecule has 38 heavy (non-hydrogen) atoms. The maximum atomic E-state index is 12.9. The minimum atomic E-state index is -0.220. The standard InChI is InChI=1S/C31H30N4O3/c1-3-35(28-10-5-4-6-11-28)31(38)23-12-14-25(15-13-23)32-21-29(36)33-26-16-18-27(19-17-26)34-30(37)24-9-7-8-22(2)20-24/h4-20,32H,3,21H2,1-2H3,(H,33,36)(H,34,37). The van der Waals surface area contributed by atoms with Crippen LogP contribution in [0.15, 0.2) is 103 Å². The van der Waals surface area contributed by atoms with Gasteiger partial charge in [-0.3, -0.25) is 14.4 Å². The van der Waals surface area contributed by atoms with E-state index in [1.54, 1.807) is 59.5 Å². The maximum Gasteiger partial charge on any atom is 0.258 e. The van der Waals surface area contributed by atoms with Gasteiger partial charge in [-0.15, -0.1) is 0 Å². The first kappa shape index (κ1) is 26.2. The van der Waals surface area contributed by atoms with Gasteiger partial charge in [-0.05, 0) is 86.6 Å². The fourth-order valence-corrected chi connectivity index (χ4v) is 3.95. The van der Waals surface area contributed by atoms with Gasteiger partial charge < -0.3 is 20.9 Å². The number of nitrogens with one attached hydrogen (secondary N) is 3. The van der Waals surface area contributed by atoms with Crippen LogP contribution in [0.1, 0.15) is 33.2 Å². The predicted octanol–water partition coefficient (Wildman–Crippen LogP) is 5.96. The quantitative estimate of drug-likeness (QED) is 0.261. The lowest BCUT2D eigenvalue weighted by Crippen LogP contribution is -2.30. The molecule has 192 valence electrons. The van der Waals surface area contributed by atoms with Crippen LogP contribution in [0.4, 0.5) is 22.7 Å². The van der Waals surface area contributed by atoms with Gasteiger partial charge in [0, 0.05) is 40.4 Å². The lowest BCUT2D eigenvalue weighted by Gasteiger charge is -2.21. The van der Waals surface area contributed by atoms with E-state index in [4.69, 9.17) is 0 Å². The number of para-hydroxylation sites is 1. The fourth-order valence-electron chi connectivity index (χ4n) is 3.95. The highest BCUT2D eigenvalue weighted by molar-refractivity contribution is 6.06. The molecule has 0 unspecified atom stereocenters. The van der Waals surface area contributed by atoms with Crippen molar-refractivity contribution < 1.29 is 14.4 Å². The molecule has 4 aromatic carbocycles. The minimum Gasteiger partial charge on any atom is -0.376 e. The van der Waals surface area contributed by atoms with Crippen molar-refractivity contribution >= 4 is 40.5 Å². The molecule has 7 heteroatoms. The summed E-state index contributed by atoms with van der Waals surface area (Å²) >= 11 is 0. The maximum absolute atomic E-state index is 12.9. The van der Waals surface area contributed by atoms with Crippen LogP contribution in [-0.4, -0.2) is 30.8 Å². The number of amides is 3. The Kier molecular flexibility index (Phi) is 8.51. The average Bonchev–Trinajstić information content (AvgIpc) is 2.94. The summed E-state index contributed by atoms with van der Waals surface area (Å²) < 4.78 is 0. The molecule has 7 nitrogen and oxygen atoms in total. The number of aryl methyl sites for hydroxylation is 1. The monoisotopic (exact) mass is 506 g/mol. The minimum absolute atomic E-state index is 0.0598. The second-order valence-corrected chi connectivity index (χ2v) is 8.76. The molecule has 0 bridgehead atoms. The van der Waals surface area contributed by atoms with Gasteiger partial charge in [0.25, 0.3) is 11.8 Å². The van der Waals surface area contributed by atoms with E-state index in [2.05, 4.69) is 16.0 Å². The zero-order chi connectivity index (χ0) is 26.9. The molecule has 0 aliphatic heterocycles. The zero-order valence-corrected chi connectivity index (χ0v) is 21.4. The van der Waals surface area contributed by atoms with Gasteiger partial charge in [0.2, 0.25) is 5.91 Å². The number of hydrogen-bond donors (Lipinski definition) is 3. The van der Waals surface area contributed by atoms with E-state index < -0.39 is 0 Å². The Morgan fingerprint density at radius 1 is 0.684 bits per heavy atom. The van der Waals surface area contributed by atoms with E-state index in [1.807, 2.05) is 62.4 Å². The van der Waals surface area contributed by atoms with E-state index in [-0.39, 0.29) is 24.3 Å². The average molecular weight is 507 g/mol. The van der Waals surface area contributed by atoms with Gasteiger partial charge in [0.1, 0.15) is 0 Å². The number of benzene rings is 4. The van der Waals surface area contributed by atoms with E-state index in [0.29, 0.717) is 29.0 Å². The first-order chi connectivity index (χ1) is 18.4. The molecule has 0 fully saturated rings. The Morgan fingerprint density at radius 3 is 1.95 bits per heavy atom. The van der Waals surface area contributed by atoms with Crippen LogP contribution in [0.5, 0.6) is 0 Å². The van der Waals surface area contributed by atoms with Crippen molar-refractivity contribution in [1.29, 1.82) is 0 Å². The summed E-state index contributed by atoms with van der Waals surface area (Å²) in [6, 6.07) is 30.9. The third-order valence-corrected chi connectivity index (χ3v) is 5.92. The summed E-state index contributed by atoms with van der Waals surface area (Å²) in [6.45, 7) is 4.49. The number of carbonyl (C=O) groups is 3. The zero-order valence-electron chi connectivity index (χ0n) is 21.4. The van der Waals surface area contributed by atoms with Gasteiger partial charge >= 0.3 is 0 Å². The van der Waals surface area contributed by atoms with Gasteiger partial charge in [-0.25, -0.2) is 0 Å². The Morgan fingerprint density at radius 2 is 1.32 bits per heavy atom. The second kappa shape index (κ2) is 12.4. The SMILES string of the molecule is CCN(C(=O)c1ccc(NCC(=O)Nc2ccc(NC(=O)c3cccc(C)c3)cc2)cc1)c1ccccc1. The van der Waals surface area contributed by atoms with E-state index in [1.165, 1.54) is 0 Å². The molecule has 0 heterocycles. The van der Waals surface area contributed by atoms with Crippen molar-refractivity contribution in [2.75, 3.05) is 33.9 Å². The lowest BCUT2D eigenvalue weighted by atomic mass is 10.1. The molecule has 0 aliphatic carbocycles. The summed E-state index contributed by atoms with van der Waals surface area (Å²) in [4.78, 5) is 39.5. The third kappa shape index (κ3) is 6.85. The van der Waals surface area contributed by atoms with Crippen LogP contribution in [0.3, 0.4) is 0 Å². The Labute approximate surface area is 222 Å². The molecule has 0 aromatic heterocycles. The summed E-state index contributed by atoms with van der Waals surface area (Å²) in [7, 11) is 0. The molecule has 0 saturated carbocycles. The van der Waals surface area contributed by atoms with E-state index in [9.17, 15) is 14.4 Å². The Hall–Kier alpha value is -4.91.